The van der Waals surface area contributed by atoms with Gasteiger partial charge in [-0.3, -0.25) is 4.98 Å². The Morgan fingerprint density at radius 2 is 2.00 bits per heavy atom. The maximum absolute atomic E-state index is 8.65. The van der Waals surface area contributed by atoms with Crippen molar-refractivity contribution in [2.45, 2.75) is 19.3 Å². The Morgan fingerprint density at radius 1 is 1.12 bits per heavy atom. The SMILES string of the molecule is OCCCCCOc1cnc2ccccc2c1. The molecule has 0 radical (unpaired) electrons. The molecule has 0 aliphatic carbocycles. The molecule has 90 valence electrons. The highest BCUT2D eigenvalue weighted by Gasteiger charge is 1.98. The zero-order chi connectivity index (χ0) is 11.9. The molecule has 0 aliphatic heterocycles. The Balaban J connectivity index is 1.90. The number of unbranched alkanes of at least 4 members (excludes halogenated alkanes) is 2. The molecule has 1 N–H and O–H groups in total. The number of fused-ring (bicyclic) bond motifs is 1. The summed E-state index contributed by atoms with van der Waals surface area (Å²) in [6, 6.07) is 10.00. The molecular weight excluding hydrogens is 214 g/mol. The maximum Gasteiger partial charge on any atom is 0.138 e. The fourth-order valence-corrected chi connectivity index (χ4v) is 1.71. The molecule has 0 unspecified atom stereocenters. The van der Waals surface area contributed by atoms with E-state index >= 15 is 0 Å². The summed E-state index contributed by atoms with van der Waals surface area (Å²) in [6.45, 7) is 0.942. The van der Waals surface area contributed by atoms with Crippen LogP contribution in [0.25, 0.3) is 10.9 Å². The number of aromatic nitrogens is 1. The van der Waals surface area contributed by atoms with E-state index < -0.39 is 0 Å². The maximum atomic E-state index is 8.65. The van der Waals surface area contributed by atoms with Crippen LogP contribution in [-0.2, 0) is 0 Å². The van der Waals surface area contributed by atoms with Crippen LogP contribution in [0.2, 0.25) is 0 Å². The first-order chi connectivity index (χ1) is 8.40. The first-order valence-corrected chi connectivity index (χ1v) is 5.98. The lowest BCUT2D eigenvalue weighted by Crippen LogP contribution is -1.98. The number of hydrogen-bond acceptors (Lipinski definition) is 3. The number of ether oxygens (including phenoxy) is 1. The Morgan fingerprint density at radius 3 is 2.88 bits per heavy atom. The molecule has 1 aromatic carbocycles. The lowest BCUT2D eigenvalue weighted by Gasteiger charge is -2.06. The van der Waals surface area contributed by atoms with Crippen molar-refractivity contribution in [3.05, 3.63) is 36.5 Å². The molecule has 2 aromatic rings. The third-order valence-electron chi connectivity index (χ3n) is 2.64. The minimum Gasteiger partial charge on any atom is -0.492 e. The van der Waals surface area contributed by atoms with Crippen molar-refractivity contribution in [3.8, 4) is 5.75 Å². The first-order valence-electron chi connectivity index (χ1n) is 5.98. The van der Waals surface area contributed by atoms with Crippen molar-refractivity contribution in [2.75, 3.05) is 13.2 Å². The quantitative estimate of drug-likeness (QED) is 0.777. The smallest absolute Gasteiger partial charge is 0.138 e. The second kappa shape index (κ2) is 6.21. The summed E-state index contributed by atoms with van der Waals surface area (Å²) in [6.07, 6.45) is 4.57. The van der Waals surface area contributed by atoms with Crippen molar-refractivity contribution in [2.24, 2.45) is 0 Å². The molecular formula is C14H17NO2. The van der Waals surface area contributed by atoms with E-state index in [1.807, 2.05) is 30.3 Å². The molecule has 2 rings (SSSR count). The van der Waals surface area contributed by atoms with Crippen LogP contribution in [0.4, 0.5) is 0 Å². The number of nitrogens with zero attached hydrogens (tertiary/aromatic N) is 1. The molecule has 0 saturated heterocycles. The lowest BCUT2D eigenvalue weighted by molar-refractivity contribution is 0.266. The predicted octanol–water partition coefficient (Wildman–Crippen LogP) is 2.78. The van der Waals surface area contributed by atoms with Gasteiger partial charge >= 0.3 is 0 Å². The Bertz CT molecular complexity index is 470. The predicted molar refractivity (Wildman–Crippen MR) is 68.2 cm³/mol. The molecule has 1 heterocycles. The van der Waals surface area contributed by atoms with Gasteiger partial charge in [-0.15, -0.1) is 0 Å². The highest BCUT2D eigenvalue weighted by Crippen LogP contribution is 2.17. The summed E-state index contributed by atoms with van der Waals surface area (Å²) in [5.41, 5.74) is 0.986. The third-order valence-corrected chi connectivity index (χ3v) is 2.64. The van der Waals surface area contributed by atoms with E-state index in [-0.39, 0.29) is 6.61 Å². The van der Waals surface area contributed by atoms with Crippen LogP contribution >= 0.6 is 0 Å². The van der Waals surface area contributed by atoms with Gasteiger partial charge in [0, 0.05) is 12.0 Å². The molecule has 0 saturated carbocycles. The topological polar surface area (TPSA) is 42.4 Å². The van der Waals surface area contributed by atoms with Crippen LogP contribution in [-0.4, -0.2) is 23.3 Å². The monoisotopic (exact) mass is 231 g/mol. The van der Waals surface area contributed by atoms with E-state index in [4.69, 9.17) is 9.84 Å². The fourth-order valence-electron chi connectivity index (χ4n) is 1.71. The zero-order valence-corrected chi connectivity index (χ0v) is 9.80. The highest BCUT2D eigenvalue weighted by molar-refractivity contribution is 5.79. The number of para-hydroxylation sites is 1. The van der Waals surface area contributed by atoms with Gasteiger partial charge in [-0.2, -0.15) is 0 Å². The second-order valence-corrected chi connectivity index (χ2v) is 4.00. The molecule has 0 bridgehead atoms. The average molecular weight is 231 g/mol. The second-order valence-electron chi connectivity index (χ2n) is 4.00. The number of aliphatic hydroxyl groups is 1. The minimum atomic E-state index is 0.261. The van der Waals surface area contributed by atoms with E-state index in [2.05, 4.69) is 4.98 Å². The van der Waals surface area contributed by atoms with Crippen molar-refractivity contribution in [1.82, 2.24) is 4.98 Å². The van der Waals surface area contributed by atoms with Crippen LogP contribution < -0.4 is 4.74 Å². The lowest BCUT2D eigenvalue weighted by atomic mass is 10.2. The first kappa shape index (κ1) is 11.9. The van der Waals surface area contributed by atoms with E-state index in [1.165, 1.54) is 0 Å². The molecule has 1 aromatic heterocycles. The number of pyridine rings is 1. The summed E-state index contributed by atoms with van der Waals surface area (Å²) in [5, 5.41) is 9.75. The van der Waals surface area contributed by atoms with Gasteiger partial charge in [0.25, 0.3) is 0 Å². The minimum absolute atomic E-state index is 0.261. The molecule has 17 heavy (non-hydrogen) atoms. The summed E-state index contributed by atoms with van der Waals surface area (Å²) < 4.78 is 5.62. The summed E-state index contributed by atoms with van der Waals surface area (Å²) >= 11 is 0. The summed E-state index contributed by atoms with van der Waals surface area (Å²) in [5.74, 6) is 0.813. The van der Waals surface area contributed by atoms with Gasteiger partial charge in [0.2, 0.25) is 0 Å². The van der Waals surface area contributed by atoms with Gasteiger partial charge in [-0.25, -0.2) is 0 Å². The van der Waals surface area contributed by atoms with Gasteiger partial charge in [0.05, 0.1) is 18.3 Å². The van der Waals surface area contributed by atoms with E-state index in [0.29, 0.717) is 6.61 Å². The van der Waals surface area contributed by atoms with Crippen molar-refractivity contribution >= 4 is 10.9 Å². The average Bonchev–Trinajstić information content (AvgIpc) is 2.38. The Labute approximate surface area is 101 Å². The van der Waals surface area contributed by atoms with Gasteiger partial charge in [-0.1, -0.05) is 18.2 Å². The summed E-state index contributed by atoms with van der Waals surface area (Å²) in [7, 11) is 0. The fraction of sp³-hybridized carbons (Fsp3) is 0.357. The van der Waals surface area contributed by atoms with E-state index in [9.17, 15) is 0 Å². The largest absolute Gasteiger partial charge is 0.492 e. The van der Waals surface area contributed by atoms with Gasteiger partial charge < -0.3 is 9.84 Å². The van der Waals surface area contributed by atoms with Crippen LogP contribution in [0.3, 0.4) is 0 Å². The standard InChI is InChI=1S/C14H17NO2/c16-8-4-1-5-9-17-13-10-12-6-2-3-7-14(12)15-11-13/h2-3,6-7,10-11,16H,1,4-5,8-9H2. The number of rotatable bonds is 6. The zero-order valence-electron chi connectivity index (χ0n) is 9.80. The molecule has 0 atom stereocenters. The molecule has 3 heteroatoms. The highest BCUT2D eigenvalue weighted by atomic mass is 16.5. The van der Waals surface area contributed by atoms with Crippen LogP contribution in [0.15, 0.2) is 36.5 Å². The van der Waals surface area contributed by atoms with Crippen LogP contribution in [0.1, 0.15) is 19.3 Å². The van der Waals surface area contributed by atoms with Crippen LogP contribution in [0.5, 0.6) is 5.75 Å². The molecule has 3 nitrogen and oxygen atoms in total. The van der Waals surface area contributed by atoms with Crippen molar-refractivity contribution < 1.29 is 9.84 Å². The molecule has 0 aliphatic rings. The molecule has 0 spiro atoms. The third kappa shape index (κ3) is 3.43. The van der Waals surface area contributed by atoms with Crippen LogP contribution in [0, 0.1) is 0 Å². The van der Waals surface area contributed by atoms with Crippen molar-refractivity contribution in [3.63, 3.8) is 0 Å². The number of benzene rings is 1. The number of hydrogen-bond donors (Lipinski definition) is 1. The van der Waals surface area contributed by atoms with Gasteiger partial charge in [0.15, 0.2) is 0 Å². The van der Waals surface area contributed by atoms with Gasteiger partial charge in [-0.05, 0) is 31.4 Å². The van der Waals surface area contributed by atoms with E-state index in [1.54, 1.807) is 6.20 Å². The summed E-state index contributed by atoms with van der Waals surface area (Å²) in [4.78, 5) is 4.33. The Hall–Kier alpha value is -1.61. The normalized spacial score (nSPS) is 10.6. The van der Waals surface area contributed by atoms with Gasteiger partial charge in [0.1, 0.15) is 5.75 Å². The van der Waals surface area contributed by atoms with Crippen molar-refractivity contribution in [1.29, 1.82) is 0 Å². The van der Waals surface area contributed by atoms with E-state index in [0.717, 1.165) is 35.9 Å². The molecule has 0 fully saturated rings. The number of aliphatic hydroxyl groups excluding tert-OH is 1. The molecule has 0 amide bonds. The Kier molecular flexibility index (Phi) is 4.33.